The van der Waals surface area contributed by atoms with Gasteiger partial charge in [-0.1, -0.05) is 6.07 Å². The first-order valence-electron chi connectivity index (χ1n) is 5.66. The molecule has 1 aromatic carbocycles. The summed E-state index contributed by atoms with van der Waals surface area (Å²) in [5, 5.41) is 9.17. The number of rotatable bonds is 8. The molecular formula is C13H20O4. The van der Waals surface area contributed by atoms with Crippen LogP contribution in [0, 0.1) is 5.92 Å². The summed E-state index contributed by atoms with van der Waals surface area (Å²) >= 11 is 0. The molecule has 0 saturated carbocycles. The van der Waals surface area contributed by atoms with Crippen LogP contribution >= 0.6 is 0 Å². The molecule has 4 nitrogen and oxygen atoms in total. The van der Waals surface area contributed by atoms with Crippen molar-refractivity contribution >= 4 is 0 Å². The number of ether oxygens (including phenoxy) is 3. The normalized spacial score (nSPS) is 12.2. The SMILES string of the molecule is COCCC(CO)COc1cccc(OC)c1. The highest BCUT2D eigenvalue weighted by atomic mass is 16.5. The fourth-order valence-corrected chi connectivity index (χ4v) is 1.42. The Morgan fingerprint density at radius 2 is 2.00 bits per heavy atom. The first-order chi connectivity index (χ1) is 8.30. The van der Waals surface area contributed by atoms with Gasteiger partial charge in [-0.15, -0.1) is 0 Å². The lowest BCUT2D eigenvalue weighted by Gasteiger charge is -2.15. The third-order valence-electron chi connectivity index (χ3n) is 2.52. The second kappa shape index (κ2) is 7.92. The van der Waals surface area contributed by atoms with Gasteiger partial charge in [-0.2, -0.15) is 0 Å². The van der Waals surface area contributed by atoms with Crippen molar-refractivity contribution in [3.05, 3.63) is 24.3 Å². The van der Waals surface area contributed by atoms with Crippen LogP contribution in [0.25, 0.3) is 0 Å². The number of hydrogen-bond donors (Lipinski definition) is 1. The predicted molar refractivity (Wildman–Crippen MR) is 65.6 cm³/mol. The zero-order valence-corrected chi connectivity index (χ0v) is 10.4. The Labute approximate surface area is 102 Å². The molecule has 0 aromatic heterocycles. The minimum absolute atomic E-state index is 0.0983. The third kappa shape index (κ3) is 5.06. The maximum absolute atomic E-state index is 9.17. The van der Waals surface area contributed by atoms with Crippen LogP contribution in [0.1, 0.15) is 6.42 Å². The summed E-state index contributed by atoms with van der Waals surface area (Å²) in [6.45, 7) is 1.22. The van der Waals surface area contributed by atoms with Gasteiger partial charge < -0.3 is 19.3 Å². The summed E-state index contributed by atoms with van der Waals surface area (Å²) in [5.41, 5.74) is 0. The van der Waals surface area contributed by atoms with Crippen molar-refractivity contribution in [3.8, 4) is 11.5 Å². The van der Waals surface area contributed by atoms with Gasteiger partial charge in [-0.25, -0.2) is 0 Å². The Morgan fingerprint density at radius 1 is 1.24 bits per heavy atom. The van der Waals surface area contributed by atoms with Gasteiger partial charge in [0, 0.05) is 32.3 Å². The number of aliphatic hydroxyl groups is 1. The number of benzene rings is 1. The number of methoxy groups -OCH3 is 2. The molecule has 0 bridgehead atoms. The average Bonchev–Trinajstić information content (AvgIpc) is 2.39. The van der Waals surface area contributed by atoms with Crippen molar-refractivity contribution in [2.75, 3.05) is 34.0 Å². The van der Waals surface area contributed by atoms with E-state index in [1.807, 2.05) is 24.3 Å². The van der Waals surface area contributed by atoms with E-state index >= 15 is 0 Å². The highest BCUT2D eigenvalue weighted by molar-refractivity contribution is 5.32. The van der Waals surface area contributed by atoms with E-state index in [4.69, 9.17) is 14.2 Å². The first kappa shape index (κ1) is 13.8. The maximum atomic E-state index is 9.17. The molecule has 0 heterocycles. The molecule has 1 rings (SSSR count). The van der Waals surface area contributed by atoms with E-state index in [2.05, 4.69) is 0 Å². The van der Waals surface area contributed by atoms with E-state index in [1.54, 1.807) is 14.2 Å². The van der Waals surface area contributed by atoms with Crippen LogP contribution in [-0.4, -0.2) is 39.1 Å². The van der Waals surface area contributed by atoms with E-state index in [0.29, 0.717) is 13.2 Å². The summed E-state index contributed by atoms with van der Waals surface area (Å²) in [4.78, 5) is 0. The highest BCUT2D eigenvalue weighted by Crippen LogP contribution is 2.19. The van der Waals surface area contributed by atoms with Crippen LogP contribution in [0.3, 0.4) is 0 Å². The zero-order chi connectivity index (χ0) is 12.5. The molecule has 0 spiro atoms. The molecule has 1 unspecified atom stereocenters. The van der Waals surface area contributed by atoms with Gasteiger partial charge in [-0.05, 0) is 18.6 Å². The molecule has 17 heavy (non-hydrogen) atoms. The molecule has 1 atom stereocenters. The minimum Gasteiger partial charge on any atom is -0.497 e. The number of aliphatic hydroxyl groups excluding tert-OH is 1. The molecular weight excluding hydrogens is 220 g/mol. The van der Waals surface area contributed by atoms with Crippen LogP contribution in [0.15, 0.2) is 24.3 Å². The molecule has 4 heteroatoms. The molecule has 0 aliphatic heterocycles. The molecule has 0 radical (unpaired) electrons. The van der Waals surface area contributed by atoms with Crippen LogP contribution in [0.2, 0.25) is 0 Å². The van der Waals surface area contributed by atoms with Crippen molar-refractivity contribution in [3.63, 3.8) is 0 Å². The zero-order valence-electron chi connectivity index (χ0n) is 10.4. The maximum Gasteiger partial charge on any atom is 0.122 e. The van der Waals surface area contributed by atoms with E-state index < -0.39 is 0 Å². The summed E-state index contributed by atoms with van der Waals surface area (Å²) < 4.78 is 15.7. The predicted octanol–water partition coefficient (Wildman–Crippen LogP) is 1.72. The molecule has 0 amide bonds. The van der Waals surface area contributed by atoms with Gasteiger partial charge in [0.15, 0.2) is 0 Å². The molecule has 1 N–H and O–H groups in total. The average molecular weight is 240 g/mol. The fraction of sp³-hybridized carbons (Fsp3) is 0.538. The smallest absolute Gasteiger partial charge is 0.122 e. The lowest BCUT2D eigenvalue weighted by Crippen LogP contribution is -2.17. The Balaban J connectivity index is 2.41. The van der Waals surface area contributed by atoms with Crippen molar-refractivity contribution in [1.82, 2.24) is 0 Å². The van der Waals surface area contributed by atoms with Crippen molar-refractivity contribution in [2.45, 2.75) is 6.42 Å². The van der Waals surface area contributed by atoms with Gasteiger partial charge in [0.2, 0.25) is 0 Å². The molecule has 96 valence electrons. The Morgan fingerprint density at radius 3 is 2.65 bits per heavy atom. The molecule has 0 fully saturated rings. The lowest BCUT2D eigenvalue weighted by atomic mass is 10.1. The van der Waals surface area contributed by atoms with Gasteiger partial charge in [-0.3, -0.25) is 0 Å². The molecule has 0 saturated heterocycles. The molecule has 0 aliphatic carbocycles. The topological polar surface area (TPSA) is 47.9 Å². The molecule has 0 aliphatic rings. The Hall–Kier alpha value is -1.26. The second-order valence-electron chi connectivity index (χ2n) is 3.82. The standard InChI is InChI=1S/C13H20O4/c1-15-7-6-11(9-14)10-17-13-5-3-4-12(8-13)16-2/h3-5,8,11,14H,6-7,9-10H2,1-2H3. The van der Waals surface area contributed by atoms with Crippen LogP contribution in [0.5, 0.6) is 11.5 Å². The van der Waals surface area contributed by atoms with Gasteiger partial charge >= 0.3 is 0 Å². The van der Waals surface area contributed by atoms with Gasteiger partial charge in [0.25, 0.3) is 0 Å². The van der Waals surface area contributed by atoms with E-state index in [9.17, 15) is 5.11 Å². The van der Waals surface area contributed by atoms with Gasteiger partial charge in [0.05, 0.1) is 13.7 Å². The quantitative estimate of drug-likeness (QED) is 0.751. The van der Waals surface area contributed by atoms with Gasteiger partial charge in [0.1, 0.15) is 11.5 Å². The Bertz CT molecular complexity index is 314. The summed E-state index contributed by atoms with van der Waals surface area (Å²) in [6.07, 6.45) is 0.789. The second-order valence-corrected chi connectivity index (χ2v) is 3.82. The minimum atomic E-state index is 0.0983. The largest absolute Gasteiger partial charge is 0.497 e. The number of hydrogen-bond acceptors (Lipinski definition) is 4. The lowest BCUT2D eigenvalue weighted by molar-refractivity contribution is 0.115. The van der Waals surface area contributed by atoms with Crippen LogP contribution in [0.4, 0.5) is 0 Å². The first-order valence-corrected chi connectivity index (χ1v) is 5.66. The summed E-state index contributed by atoms with van der Waals surface area (Å²) in [5.74, 6) is 1.61. The van der Waals surface area contributed by atoms with Crippen molar-refractivity contribution in [1.29, 1.82) is 0 Å². The third-order valence-corrected chi connectivity index (χ3v) is 2.52. The molecule has 1 aromatic rings. The summed E-state index contributed by atoms with van der Waals surface area (Å²) in [7, 11) is 3.27. The van der Waals surface area contributed by atoms with E-state index in [1.165, 1.54) is 0 Å². The Kier molecular flexibility index (Phi) is 6.43. The monoisotopic (exact) mass is 240 g/mol. The van der Waals surface area contributed by atoms with Crippen molar-refractivity contribution in [2.24, 2.45) is 5.92 Å². The van der Waals surface area contributed by atoms with Crippen molar-refractivity contribution < 1.29 is 19.3 Å². The summed E-state index contributed by atoms with van der Waals surface area (Å²) in [6, 6.07) is 7.43. The van der Waals surface area contributed by atoms with E-state index in [-0.39, 0.29) is 12.5 Å². The highest BCUT2D eigenvalue weighted by Gasteiger charge is 2.08. The van der Waals surface area contributed by atoms with Crippen LogP contribution < -0.4 is 9.47 Å². The van der Waals surface area contributed by atoms with E-state index in [0.717, 1.165) is 17.9 Å². The van der Waals surface area contributed by atoms with Crippen LogP contribution in [-0.2, 0) is 4.74 Å². The fourth-order valence-electron chi connectivity index (χ4n) is 1.42.